The quantitative estimate of drug-likeness (QED) is 0.0589. The van der Waals surface area contributed by atoms with Crippen molar-refractivity contribution in [1.82, 2.24) is 0 Å². The van der Waals surface area contributed by atoms with Crippen LogP contribution in [0.3, 0.4) is 0 Å². The minimum Gasteiger partial charge on any atom is -0.497 e. The van der Waals surface area contributed by atoms with Gasteiger partial charge in [0.1, 0.15) is 51.6 Å². The Morgan fingerprint density at radius 3 is 1.04 bits per heavy atom. The molecule has 7 aromatic rings. The maximum Gasteiger partial charge on any atom is 0.347 e. The molecule has 0 aliphatic heterocycles. The number of esters is 5. The summed E-state index contributed by atoms with van der Waals surface area (Å²) in [6.07, 6.45) is 0.737. The second kappa shape index (κ2) is 22.4. The third kappa shape index (κ3) is 12.5. The highest BCUT2D eigenvalue weighted by atomic mass is 16.6. The number of hydrogen-bond donors (Lipinski definition) is 0. The van der Waals surface area contributed by atoms with Crippen LogP contribution in [0, 0.1) is 0 Å². The molecule has 7 rings (SSSR count). The zero-order valence-electron chi connectivity index (χ0n) is 37.3. The second-order valence-electron chi connectivity index (χ2n) is 14.8. The fraction of sp³-hybridized carbons (Fsp3) is 0.130. The molecule has 0 radical (unpaired) electrons. The number of methoxy groups -OCH3 is 3. The van der Waals surface area contributed by atoms with Crippen molar-refractivity contribution in [2.24, 2.45) is 0 Å². The second-order valence-corrected chi connectivity index (χ2v) is 14.8. The molecule has 344 valence electrons. The number of carbonyl (C=O) groups is 5. The van der Waals surface area contributed by atoms with E-state index in [1.165, 1.54) is 87.0 Å². The van der Waals surface area contributed by atoms with E-state index >= 15 is 0 Å². The maximum absolute atomic E-state index is 13.0. The van der Waals surface area contributed by atoms with E-state index in [-0.39, 0.29) is 51.4 Å². The van der Waals surface area contributed by atoms with Crippen molar-refractivity contribution in [2.75, 3.05) is 27.9 Å². The summed E-state index contributed by atoms with van der Waals surface area (Å²) in [5.41, 5.74) is 2.88. The summed E-state index contributed by atoms with van der Waals surface area (Å²) in [6, 6.07) is 42.8. The SMILES string of the molecule is COc1ccc(C(=O)Oc2ccc(C(=O)Oc3ccc(-c4ccc(OC(=O)c5ccc(OC(=O)c6ccc(OC(=O)c7ccc(OCCC(C)OC)cc7OC)cc6)cc5)cc4)cc3)cc2)cc1. The predicted molar refractivity (Wildman–Crippen MR) is 249 cm³/mol. The van der Waals surface area contributed by atoms with E-state index in [0.29, 0.717) is 41.6 Å². The van der Waals surface area contributed by atoms with E-state index in [0.717, 1.165) is 11.1 Å². The largest absolute Gasteiger partial charge is 0.497 e. The molecule has 1 atom stereocenters. The van der Waals surface area contributed by atoms with Crippen molar-refractivity contribution in [2.45, 2.75) is 19.4 Å². The first-order chi connectivity index (χ1) is 33.0. The maximum atomic E-state index is 13.0. The predicted octanol–water partition coefficient (Wildman–Crippen LogP) is 10.3. The fourth-order valence-electron chi connectivity index (χ4n) is 6.35. The van der Waals surface area contributed by atoms with Crippen molar-refractivity contribution in [3.8, 4) is 57.1 Å². The molecule has 0 fully saturated rings. The zero-order valence-corrected chi connectivity index (χ0v) is 37.3. The molecular weight excluding hydrogens is 873 g/mol. The van der Waals surface area contributed by atoms with E-state index < -0.39 is 29.8 Å². The molecule has 1 unspecified atom stereocenters. The lowest BCUT2D eigenvalue weighted by Crippen LogP contribution is -2.12. The van der Waals surface area contributed by atoms with E-state index in [1.54, 1.807) is 98.1 Å². The lowest BCUT2D eigenvalue weighted by atomic mass is 10.1. The Balaban J connectivity index is 0.853. The average Bonchev–Trinajstić information content (AvgIpc) is 3.37. The van der Waals surface area contributed by atoms with Gasteiger partial charge in [0, 0.05) is 19.6 Å². The summed E-state index contributed by atoms with van der Waals surface area (Å²) in [7, 11) is 4.61. The van der Waals surface area contributed by atoms with Gasteiger partial charge in [-0.1, -0.05) is 24.3 Å². The fourth-order valence-corrected chi connectivity index (χ4v) is 6.35. The van der Waals surface area contributed by atoms with Crippen LogP contribution in [0.5, 0.6) is 46.0 Å². The van der Waals surface area contributed by atoms with Crippen LogP contribution in [0.2, 0.25) is 0 Å². The Kier molecular flexibility index (Phi) is 15.6. The third-order valence-corrected chi connectivity index (χ3v) is 10.3. The summed E-state index contributed by atoms with van der Waals surface area (Å²) in [4.78, 5) is 64.1. The van der Waals surface area contributed by atoms with E-state index in [2.05, 4.69) is 0 Å². The molecule has 0 saturated heterocycles. The van der Waals surface area contributed by atoms with Gasteiger partial charge in [-0.15, -0.1) is 0 Å². The minimum atomic E-state index is -0.665. The smallest absolute Gasteiger partial charge is 0.347 e. The molecule has 68 heavy (non-hydrogen) atoms. The van der Waals surface area contributed by atoms with E-state index in [4.69, 9.17) is 42.6 Å². The number of carbonyl (C=O) groups excluding carboxylic acids is 5. The zero-order chi connectivity index (χ0) is 48.0. The van der Waals surface area contributed by atoms with Crippen molar-refractivity contribution in [3.05, 3.63) is 192 Å². The lowest BCUT2D eigenvalue weighted by Gasteiger charge is -2.13. The molecule has 0 aliphatic carbocycles. The summed E-state index contributed by atoms with van der Waals surface area (Å²) < 4.78 is 49.0. The first kappa shape index (κ1) is 47.2. The highest BCUT2D eigenvalue weighted by Gasteiger charge is 2.18. The molecular formula is C54H44O14. The van der Waals surface area contributed by atoms with Crippen LogP contribution in [-0.4, -0.2) is 63.9 Å². The number of hydrogen-bond acceptors (Lipinski definition) is 14. The summed E-state index contributed by atoms with van der Waals surface area (Å²) >= 11 is 0. The molecule has 0 amide bonds. The summed E-state index contributed by atoms with van der Waals surface area (Å²) in [6.45, 7) is 2.37. The van der Waals surface area contributed by atoms with Gasteiger partial charge in [0.25, 0.3) is 0 Å². The minimum absolute atomic E-state index is 0.0450. The highest BCUT2D eigenvalue weighted by Crippen LogP contribution is 2.29. The first-order valence-electron chi connectivity index (χ1n) is 21.1. The third-order valence-electron chi connectivity index (χ3n) is 10.3. The van der Waals surface area contributed by atoms with Crippen molar-refractivity contribution in [1.29, 1.82) is 0 Å². The standard InChI is InChI=1S/C54H44O14/c1-34(60-2)31-32-63-47-29-30-48(49(33-47)62-4)54(59)68-46-27-15-40(16-28-46)53(58)67-45-25-13-39(14-26-45)52(57)65-43-21-7-36(8-22-43)35-5-19-42(20-6-35)64-51(56)38-11-23-44(24-12-38)66-50(55)37-9-17-41(61-3)18-10-37/h5-30,33-34H,31-32H2,1-4H3. The Bertz CT molecular complexity index is 2860. The van der Waals surface area contributed by atoms with Gasteiger partial charge in [-0.25, -0.2) is 24.0 Å². The van der Waals surface area contributed by atoms with Gasteiger partial charge in [-0.2, -0.15) is 0 Å². The molecule has 14 nitrogen and oxygen atoms in total. The van der Waals surface area contributed by atoms with Gasteiger partial charge in [0.2, 0.25) is 0 Å². The van der Waals surface area contributed by atoms with Gasteiger partial charge < -0.3 is 42.6 Å². The van der Waals surface area contributed by atoms with Crippen LogP contribution in [0.4, 0.5) is 0 Å². The molecule has 14 heteroatoms. The van der Waals surface area contributed by atoms with Crippen LogP contribution < -0.4 is 37.9 Å². The number of benzene rings is 7. The van der Waals surface area contributed by atoms with Gasteiger partial charge >= 0.3 is 29.8 Å². The van der Waals surface area contributed by atoms with E-state index in [1.807, 2.05) is 6.92 Å². The van der Waals surface area contributed by atoms with Crippen molar-refractivity contribution >= 4 is 29.8 Å². The van der Waals surface area contributed by atoms with Gasteiger partial charge in [-0.3, -0.25) is 0 Å². The normalized spacial score (nSPS) is 11.1. The summed E-state index contributed by atoms with van der Waals surface area (Å²) in [5, 5.41) is 0. The van der Waals surface area contributed by atoms with Gasteiger partial charge in [-0.05, 0) is 152 Å². The Hall–Kier alpha value is -8.75. The van der Waals surface area contributed by atoms with Crippen LogP contribution in [0.15, 0.2) is 164 Å². The number of rotatable bonds is 18. The topological polar surface area (TPSA) is 168 Å². The van der Waals surface area contributed by atoms with Crippen LogP contribution in [-0.2, 0) is 4.74 Å². The molecule has 0 heterocycles. The lowest BCUT2D eigenvalue weighted by molar-refractivity contribution is 0.0718. The first-order valence-corrected chi connectivity index (χ1v) is 21.1. The highest BCUT2D eigenvalue weighted by molar-refractivity contribution is 5.96. The molecule has 0 saturated carbocycles. The molecule has 7 aromatic carbocycles. The van der Waals surface area contributed by atoms with Crippen LogP contribution in [0.25, 0.3) is 11.1 Å². The summed E-state index contributed by atoms with van der Waals surface area (Å²) in [5.74, 6) is -0.362. The van der Waals surface area contributed by atoms with Crippen LogP contribution >= 0.6 is 0 Å². The number of ether oxygens (including phenoxy) is 9. The molecule has 0 aliphatic rings. The molecule has 0 bridgehead atoms. The van der Waals surface area contributed by atoms with Crippen molar-refractivity contribution in [3.63, 3.8) is 0 Å². The molecule has 0 aromatic heterocycles. The molecule has 0 spiro atoms. The Morgan fingerprint density at radius 2 is 0.706 bits per heavy atom. The average molecular weight is 917 g/mol. The molecule has 0 N–H and O–H groups in total. The van der Waals surface area contributed by atoms with Gasteiger partial charge in [0.15, 0.2) is 0 Å². The van der Waals surface area contributed by atoms with Crippen molar-refractivity contribution < 1.29 is 66.6 Å². The van der Waals surface area contributed by atoms with E-state index in [9.17, 15) is 24.0 Å². The Morgan fingerprint density at radius 1 is 0.382 bits per heavy atom. The monoisotopic (exact) mass is 916 g/mol. The van der Waals surface area contributed by atoms with Crippen LogP contribution in [0.1, 0.15) is 65.1 Å². The van der Waals surface area contributed by atoms with Gasteiger partial charge in [0.05, 0.1) is 49.2 Å². The Labute approximate surface area is 391 Å².